The second-order valence-corrected chi connectivity index (χ2v) is 6.02. The van der Waals surface area contributed by atoms with Crippen LogP contribution in [0.1, 0.15) is 27.7 Å². The highest BCUT2D eigenvalue weighted by Crippen LogP contribution is 2.10. The van der Waals surface area contributed by atoms with Gasteiger partial charge >= 0.3 is 0 Å². The number of nitrogens with zero attached hydrogens (tertiary/aromatic N) is 2. The third-order valence-corrected chi connectivity index (χ3v) is 3.19. The minimum absolute atomic E-state index is 0.0605. The third-order valence-electron chi connectivity index (χ3n) is 3.19. The van der Waals surface area contributed by atoms with E-state index in [1.165, 1.54) is 0 Å². The number of ether oxygens (including phenoxy) is 1. The highest BCUT2D eigenvalue weighted by molar-refractivity contribution is 5.77. The van der Waals surface area contributed by atoms with Crippen molar-refractivity contribution >= 4 is 5.91 Å². The second-order valence-electron chi connectivity index (χ2n) is 6.02. The highest BCUT2D eigenvalue weighted by Gasteiger charge is 2.24. The van der Waals surface area contributed by atoms with Crippen molar-refractivity contribution < 1.29 is 9.53 Å². The Kier molecular flexibility index (Phi) is 6.09. The minimum Gasteiger partial charge on any atom is -0.374 e. The van der Waals surface area contributed by atoms with Gasteiger partial charge in [0.1, 0.15) is 0 Å². The summed E-state index contributed by atoms with van der Waals surface area (Å²) in [6.07, 6.45) is 0.158. The minimum atomic E-state index is 0.0605. The zero-order valence-electron chi connectivity index (χ0n) is 12.5. The number of carbonyl (C=O) groups excluding carboxylic acids is 1. The van der Waals surface area contributed by atoms with Crippen LogP contribution >= 0.6 is 0 Å². The highest BCUT2D eigenvalue weighted by atomic mass is 16.5. The Bertz CT molecular complexity index is 267. The van der Waals surface area contributed by atoms with E-state index in [2.05, 4.69) is 18.7 Å². The molecule has 4 nitrogen and oxygen atoms in total. The molecule has 1 unspecified atom stereocenters. The maximum atomic E-state index is 11.8. The molecule has 0 N–H and O–H groups in total. The van der Waals surface area contributed by atoms with E-state index in [-0.39, 0.29) is 17.9 Å². The molecule has 18 heavy (non-hydrogen) atoms. The smallest absolute Gasteiger partial charge is 0.224 e. The fourth-order valence-electron chi connectivity index (χ4n) is 2.41. The van der Waals surface area contributed by atoms with Crippen molar-refractivity contribution in [1.29, 1.82) is 0 Å². The Morgan fingerprint density at radius 3 is 2.61 bits per heavy atom. The Morgan fingerprint density at radius 1 is 1.39 bits per heavy atom. The standard InChI is InChI=1S/C14H28N2O2/c1-11(2)8-16-6-7-18-13(10-16)9-15(5)14(17)12(3)4/h11-13H,6-10H2,1-5H3. The molecule has 0 bridgehead atoms. The first-order chi connectivity index (χ1) is 8.40. The van der Waals surface area contributed by atoms with E-state index < -0.39 is 0 Å². The van der Waals surface area contributed by atoms with Gasteiger partial charge in [0.15, 0.2) is 0 Å². The van der Waals surface area contributed by atoms with Crippen molar-refractivity contribution in [1.82, 2.24) is 9.80 Å². The van der Waals surface area contributed by atoms with Crippen LogP contribution in [-0.4, -0.2) is 61.6 Å². The molecule has 1 rings (SSSR count). The summed E-state index contributed by atoms with van der Waals surface area (Å²) in [6.45, 7) is 12.9. The number of hydrogen-bond donors (Lipinski definition) is 0. The summed E-state index contributed by atoms with van der Waals surface area (Å²) in [6, 6.07) is 0. The van der Waals surface area contributed by atoms with E-state index in [9.17, 15) is 4.79 Å². The van der Waals surface area contributed by atoms with Crippen LogP contribution in [0.15, 0.2) is 0 Å². The molecule has 1 saturated heterocycles. The summed E-state index contributed by atoms with van der Waals surface area (Å²) >= 11 is 0. The summed E-state index contributed by atoms with van der Waals surface area (Å²) in [5, 5.41) is 0. The molecular formula is C14H28N2O2. The van der Waals surface area contributed by atoms with E-state index in [1.54, 1.807) is 4.90 Å². The zero-order chi connectivity index (χ0) is 13.7. The Hall–Kier alpha value is -0.610. The lowest BCUT2D eigenvalue weighted by Gasteiger charge is -2.35. The quantitative estimate of drug-likeness (QED) is 0.746. The molecule has 1 aliphatic rings. The van der Waals surface area contributed by atoms with Gasteiger partial charge in [-0.25, -0.2) is 0 Å². The van der Waals surface area contributed by atoms with Crippen LogP contribution in [0.2, 0.25) is 0 Å². The normalized spacial score (nSPS) is 21.6. The van der Waals surface area contributed by atoms with Gasteiger partial charge in [0.2, 0.25) is 5.91 Å². The molecule has 106 valence electrons. The van der Waals surface area contributed by atoms with E-state index in [0.717, 1.165) is 26.2 Å². The number of amides is 1. The van der Waals surface area contributed by atoms with Gasteiger partial charge in [-0.1, -0.05) is 27.7 Å². The summed E-state index contributed by atoms with van der Waals surface area (Å²) in [5.74, 6) is 0.934. The summed E-state index contributed by atoms with van der Waals surface area (Å²) in [7, 11) is 1.87. The molecule has 0 aromatic heterocycles. The van der Waals surface area contributed by atoms with Gasteiger partial charge in [-0.2, -0.15) is 0 Å². The topological polar surface area (TPSA) is 32.8 Å². The van der Waals surface area contributed by atoms with Crippen molar-refractivity contribution in [2.24, 2.45) is 11.8 Å². The lowest BCUT2D eigenvalue weighted by Crippen LogP contribution is -2.49. The largest absolute Gasteiger partial charge is 0.374 e. The molecule has 1 fully saturated rings. The van der Waals surface area contributed by atoms with Crippen LogP contribution in [0, 0.1) is 11.8 Å². The van der Waals surface area contributed by atoms with Gasteiger partial charge in [-0.05, 0) is 5.92 Å². The average molecular weight is 256 g/mol. The van der Waals surface area contributed by atoms with Crippen molar-refractivity contribution in [3.05, 3.63) is 0 Å². The molecule has 0 saturated carbocycles. The molecule has 1 amide bonds. The predicted molar refractivity (Wildman–Crippen MR) is 73.5 cm³/mol. The van der Waals surface area contributed by atoms with Crippen LogP contribution in [0.5, 0.6) is 0 Å². The molecule has 1 atom stereocenters. The molecule has 0 spiro atoms. The van der Waals surface area contributed by atoms with Crippen LogP contribution in [0.4, 0.5) is 0 Å². The van der Waals surface area contributed by atoms with E-state index in [0.29, 0.717) is 12.5 Å². The second kappa shape index (κ2) is 7.10. The van der Waals surface area contributed by atoms with E-state index in [4.69, 9.17) is 4.74 Å². The van der Waals surface area contributed by atoms with Crippen LogP contribution < -0.4 is 0 Å². The summed E-state index contributed by atoms with van der Waals surface area (Å²) in [5.41, 5.74) is 0. The van der Waals surface area contributed by atoms with Crippen molar-refractivity contribution in [2.75, 3.05) is 39.8 Å². The molecule has 1 aliphatic heterocycles. The van der Waals surface area contributed by atoms with Gasteiger partial charge in [0, 0.05) is 39.1 Å². The number of rotatable bonds is 5. The third kappa shape index (κ3) is 4.94. The Balaban J connectivity index is 2.40. The molecule has 0 aromatic carbocycles. The monoisotopic (exact) mass is 256 g/mol. The fraction of sp³-hybridized carbons (Fsp3) is 0.929. The molecule has 1 heterocycles. The number of likely N-dealkylation sites (N-methyl/N-ethyl adjacent to an activating group) is 1. The first-order valence-corrected chi connectivity index (χ1v) is 6.99. The molecule has 4 heteroatoms. The first kappa shape index (κ1) is 15.4. The van der Waals surface area contributed by atoms with Crippen LogP contribution in [0.3, 0.4) is 0 Å². The van der Waals surface area contributed by atoms with Gasteiger partial charge in [-0.15, -0.1) is 0 Å². The maximum absolute atomic E-state index is 11.8. The molecule has 0 aromatic rings. The molecular weight excluding hydrogens is 228 g/mol. The number of hydrogen-bond acceptors (Lipinski definition) is 3. The number of morpholine rings is 1. The lowest BCUT2D eigenvalue weighted by molar-refractivity contribution is -0.136. The van der Waals surface area contributed by atoms with Crippen LogP contribution in [0.25, 0.3) is 0 Å². The fourth-order valence-corrected chi connectivity index (χ4v) is 2.41. The van der Waals surface area contributed by atoms with Gasteiger partial charge in [-0.3, -0.25) is 9.69 Å². The van der Waals surface area contributed by atoms with Crippen LogP contribution in [-0.2, 0) is 9.53 Å². The van der Waals surface area contributed by atoms with Gasteiger partial charge < -0.3 is 9.64 Å². The van der Waals surface area contributed by atoms with E-state index in [1.807, 2.05) is 20.9 Å². The average Bonchev–Trinajstić information content (AvgIpc) is 2.27. The first-order valence-electron chi connectivity index (χ1n) is 6.99. The van der Waals surface area contributed by atoms with Crippen molar-refractivity contribution in [3.8, 4) is 0 Å². The van der Waals surface area contributed by atoms with Gasteiger partial charge in [0.05, 0.1) is 12.7 Å². The SMILES string of the molecule is CC(C)CN1CCOC(CN(C)C(=O)C(C)C)C1. The zero-order valence-corrected chi connectivity index (χ0v) is 12.5. The van der Waals surface area contributed by atoms with E-state index >= 15 is 0 Å². The summed E-state index contributed by atoms with van der Waals surface area (Å²) < 4.78 is 5.75. The lowest BCUT2D eigenvalue weighted by atomic mass is 10.1. The van der Waals surface area contributed by atoms with Gasteiger partial charge in [0.25, 0.3) is 0 Å². The predicted octanol–water partition coefficient (Wildman–Crippen LogP) is 1.46. The van der Waals surface area contributed by atoms with Crippen molar-refractivity contribution in [2.45, 2.75) is 33.8 Å². The van der Waals surface area contributed by atoms with Crippen molar-refractivity contribution in [3.63, 3.8) is 0 Å². The molecule has 0 radical (unpaired) electrons. The number of carbonyl (C=O) groups is 1. The molecule has 0 aliphatic carbocycles. The maximum Gasteiger partial charge on any atom is 0.224 e. The summed E-state index contributed by atoms with van der Waals surface area (Å²) in [4.78, 5) is 16.1. The Morgan fingerprint density at radius 2 is 2.06 bits per heavy atom. The Labute approximate surface area is 111 Å².